The van der Waals surface area contributed by atoms with Crippen LogP contribution in [0.15, 0.2) is 47.4 Å². The van der Waals surface area contributed by atoms with Crippen LogP contribution in [0.1, 0.15) is 35.7 Å². The predicted octanol–water partition coefficient (Wildman–Crippen LogP) is 2.16. The topological polar surface area (TPSA) is 97.9 Å². The summed E-state index contributed by atoms with van der Waals surface area (Å²) in [5.41, 5.74) is 0.658. The fourth-order valence-corrected chi connectivity index (χ4v) is 3.19. The van der Waals surface area contributed by atoms with Gasteiger partial charge in [0.25, 0.3) is 11.8 Å². The maximum atomic E-state index is 12.6. The molecule has 1 saturated heterocycles. The Morgan fingerprint density at radius 1 is 1.15 bits per heavy atom. The molecule has 1 amide bonds. The molecule has 0 radical (unpaired) electrons. The summed E-state index contributed by atoms with van der Waals surface area (Å²) < 4.78 is 5.29. The van der Waals surface area contributed by atoms with Crippen LogP contribution >= 0.6 is 0 Å². The molecular formula is C18H18N6O2. The van der Waals surface area contributed by atoms with Gasteiger partial charge in [-0.3, -0.25) is 9.78 Å². The molecule has 132 valence electrons. The van der Waals surface area contributed by atoms with Crippen LogP contribution in [0.4, 0.5) is 0 Å². The van der Waals surface area contributed by atoms with Crippen LogP contribution in [-0.2, 0) is 6.42 Å². The Hall–Kier alpha value is -3.16. The Bertz CT molecular complexity index is 868. The molecule has 0 aromatic carbocycles. The summed E-state index contributed by atoms with van der Waals surface area (Å²) in [6.45, 7) is 0.729. The first-order chi connectivity index (χ1) is 12.8. The molecule has 1 aliphatic heterocycles. The van der Waals surface area contributed by atoms with Crippen molar-refractivity contribution >= 4 is 5.91 Å². The molecule has 3 aromatic rings. The number of amides is 1. The molecule has 8 heteroatoms. The number of aromatic nitrogens is 5. The molecule has 26 heavy (non-hydrogen) atoms. The van der Waals surface area contributed by atoms with E-state index in [4.69, 9.17) is 4.52 Å². The maximum Gasteiger partial charge on any atom is 0.291 e. The van der Waals surface area contributed by atoms with Crippen LogP contribution in [0.5, 0.6) is 0 Å². The summed E-state index contributed by atoms with van der Waals surface area (Å²) in [6, 6.07) is 7.38. The van der Waals surface area contributed by atoms with Crippen LogP contribution in [-0.4, -0.2) is 48.5 Å². The Balaban J connectivity index is 1.40. The number of hydrogen-bond acceptors (Lipinski definition) is 7. The van der Waals surface area contributed by atoms with Gasteiger partial charge in [-0.2, -0.15) is 4.98 Å². The zero-order valence-electron chi connectivity index (χ0n) is 14.2. The van der Waals surface area contributed by atoms with Crippen molar-refractivity contribution in [3.8, 4) is 11.6 Å². The molecule has 1 atom stereocenters. The Kier molecular flexibility index (Phi) is 4.63. The number of carbonyl (C=O) groups excluding carboxylic acids is 1. The van der Waals surface area contributed by atoms with E-state index in [9.17, 15) is 4.79 Å². The first-order valence-electron chi connectivity index (χ1n) is 8.63. The number of carbonyl (C=O) groups is 1. The first-order valence-corrected chi connectivity index (χ1v) is 8.63. The molecule has 0 N–H and O–H groups in total. The lowest BCUT2D eigenvalue weighted by molar-refractivity contribution is 0.0717. The van der Waals surface area contributed by atoms with Gasteiger partial charge in [-0.1, -0.05) is 11.2 Å². The first kappa shape index (κ1) is 16.3. The minimum Gasteiger partial charge on any atom is -0.333 e. The van der Waals surface area contributed by atoms with Crippen molar-refractivity contribution < 1.29 is 9.32 Å². The van der Waals surface area contributed by atoms with E-state index in [0.717, 1.165) is 25.8 Å². The number of pyridine rings is 1. The third-order valence-electron chi connectivity index (χ3n) is 4.45. The van der Waals surface area contributed by atoms with Gasteiger partial charge in [-0.25, -0.2) is 9.97 Å². The van der Waals surface area contributed by atoms with E-state index in [-0.39, 0.29) is 17.8 Å². The van der Waals surface area contributed by atoms with Gasteiger partial charge in [0.1, 0.15) is 5.69 Å². The van der Waals surface area contributed by atoms with Gasteiger partial charge in [-0.15, -0.1) is 0 Å². The van der Waals surface area contributed by atoms with Gasteiger partial charge in [0.2, 0.25) is 5.82 Å². The van der Waals surface area contributed by atoms with Crippen molar-refractivity contribution in [1.82, 2.24) is 30.0 Å². The van der Waals surface area contributed by atoms with Gasteiger partial charge in [-0.05, 0) is 37.5 Å². The van der Waals surface area contributed by atoms with Gasteiger partial charge >= 0.3 is 0 Å². The van der Waals surface area contributed by atoms with Gasteiger partial charge in [0.15, 0.2) is 5.82 Å². The molecule has 4 rings (SSSR count). The van der Waals surface area contributed by atoms with Crippen LogP contribution < -0.4 is 0 Å². The second-order valence-corrected chi connectivity index (χ2v) is 6.14. The van der Waals surface area contributed by atoms with Crippen molar-refractivity contribution in [2.45, 2.75) is 31.7 Å². The molecule has 1 aliphatic rings. The maximum absolute atomic E-state index is 12.6. The Morgan fingerprint density at radius 2 is 2.00 bits per heavy atom. The molecule has 4 heterocycles. The quantitative estimate of drug-likeness (QED) is 0.695. The second-order valence-electron chi connectivity index (χ2n) is 6.14. The molecule has 1 unspecified atom stereocenters. The SMILES string of the molecule is O=C(c1ncccn1)N1CCCC1CCc1noc(-c2ccccn2)n1. The number of nitrogens with zero attached hydrogens (tertiary/aromatic N) is 6. The minimum atomic E-state index is -0.115. The fraction of sp³-hybridized carbons (Fsp3) is 0.333. The highest BCUT2D eigenvalue weighted by atomic mass is 16.5. The molecular weight excluding hydrogens is 332 g/mol. The average molecular weight is 350 g/mol. The van der Waals surface area contributed by atoms with E-state index in [0.29, 0.717) is 23.8 Å². The highest BCUT2D eigenvalue weighted by Gasteiger charge is 2.30. The zero-order chi connectivity index (χ0) is 17.8. The lowest BCUT2D eigenvalue weighted by atomic mass is 10.1. The molecule has 0 aliphatic carbocycles. The Morgan fingerprint density at radius 3 is 2.81 bits per heavy atom. The van der Waals surface area contributed by atoms with Crippen molar-refractivity contribution in [1.29, 1.82) is 0 Å². The van der Waals surface area contributed by atoms with Crippen molar-refractivity contribution in [2.24, 2.45) is 0 Å². The van der Waals surface area contributed by atoms with Crippen molar-refractivity contribution in [3.63, 3.8) is 0 Å². The summed E-state index contributed by atoms with van der Waals surface area (Å²) in [5, 5.41) is 4.03. The third-order valence-corrected chi connectivity index (χ3v) is 4.45. The summed E-state index contributed by atoms with van der Waals surface area (Å²) >= 11 is 0. The van der Waals surface area contributed by atoms with Crippen LogP contribution in [0.3, 0.4) is 0 Å². The molecule has 0 saturated carbocycles. The molecule has 0 bridgehead atoms. The van der Waals surface area contributed by atoms with Crippen LogP contribution in [0, 0.1) is 0 Å². The van der Waals surface area contributed by atoms with Gasteiger partial charge in [0.05, 0.1) is 0 Å². The number of hydrogen-bond donors (Lipinski definition) is 0. The van der Waals surface area contributed by atoms with E-state index < -0.39 is 0 Å². The monoisotopic (exact) mass is 350 g/mol. The third kappa shape index (κ3) is 3.44. The zero-order valence-corrected chi connectivity index (χ0v) is 14.2. The lowest BCUT2D eigenvalue weighted by Gasteiger charge is -2.23. The van der Waals surface area contributed by atoms with Gasteiger partial charge < -0.3 is 9.42 Å². The highest BCUT2D eigenvalue weighted by Crippen LogP contribution is 2.23. The van der Waals surface area contributed by atoms with E-state index in [1.54, 1.807) is 24.7 Å². The normalized spacial score (nSPS) is 16.8. The van der Waals surface area contributed by atoms with Crippen LogP contribution in [0.2, 0.25) is 0 Å². The van der Waals surface area contributed by atoms with E-state index in [1.165, 1.54) is 0 Å². The summed E-state index contributed by atoms with van der Waals surface area (Å²) in [4.78, 5) is 31.2. The standard InChI is InChI=1S/C18H18N6O2/c25-18(16-20-10-4-11-21-16)24-12-3-5-13(24)7-8-15-22-17(26-23-15)14-6-1-2-9-19-14/h1-2,4,6,9-11,13H,3,5,7-8,12H2. The smallest absolute Gasteiger partial charge is 0.291 e. The van der Waals surface area contributed by atoms with Crippen LogP contribution in [0.25, 0.3) is 11.6 Å². The fourth-order valence-electron chi connectivity index (χ4n) is 3.19. The number of likely N-dealkylation sites (tertiary alicyclic amines) is 1. The van der Waals surface area contributed by atoms with E-state index >= 15 is 0 Å². The summed E-state index contributed by atoms with van der Waals surface area (Å²) in [5.74, 6) is 1.17. The highest BCUT2D eigenvalue weighted by molar-refractivity contribution is 5.90. The number of rotatable bonds is 5. The molecule has 1 fully saturated rings. The average Bonchev–Trinajstić information content (AvgIpc) is 3.36. The minimum absolute atomic E-state index is 0.115. The largest absolute Gasteiger partial charge is 0.333 e. The predicted molar refractivity (Wildman–Crippen MR) is 91.9 cm³/mol. The van der Waals surface area contributed by atoms with Gasteiger partial charge in [0, 0.05) is 37.6 Å². The van der Waals surface area contributed by atoms with E-state index in [2.05, 4.69) is 25.1 Å². The lowest BCUT2D eigenvalue weighted by Crippen LogP contribution is -2.36. The second kappa shape index (κ2) is 7.38. The molecule has 3 aromatic heterocycles. The Labute approximate surface area is 150 Å². The summed E-state index contributed by atoms with van der Waals surface area (Å²) in [7, 11) is 0. The number of aryl methyl sites for hydroxylation is 1. The van der Waals surface area contributed by atoms with E-state index in [1.807, 2.05) is 23.1 Å². The van der Waals surface area contributed by atoms with Crippen molar-refractivity contribution in [2.75, 3.05) is 6.54 Å². The molecule has 8 nitrogen and oxygen atoms in total. The van der Waals surface area contributed by atoms with Crippen molar-refractivity contribution in [3.05, 3.63) is 54.5 Å². The summed E-state index contributed by atoms with van der Waals surface area (Å²) in [6.07, 6.45) is 8.22. The molecule has 0 spiro atoms.